The van der Waals surface area contributed by atoms with E-state index in [1.807, 2.05) is 13.8 Å². The highest BCUT2D eigenvalue weighted by Gasteiger charge is 2.12. The van der Waals surface area contributed by atoms with Gasteiger partial charge in [-0.05, 0) is 13.3 Å². The minimum atomic E-state index is -0.816. The smallest absolute Gasteiger partial charge is 0.304 e. The van der Waals surface area contributed by atoms with E-state index in [2.05, 4.69) is 12.2 Å². The van der Waals surface area contributed by atoms with Gasteiger partial charge in [0.25, 0.3) is 0 Å². The van der Waals surface area contributed by atoms with Crippen LogP contribution in [0.3, 0.4) is 0 Å². The van der Waals surface area contributed by atoms with Crippen molar-refractivity contribution >= 4 is 23.6 Å². The summed E-state index contributed by atoms with van der Waals surface area (Å²) in [6.45, 7) is 6.00. The average Bonchev–Trinajstić information content (AvgIpc) is 2.26. The van der Waals surface area contributed by atoms with Gasteiger partial charge in [-0.25, -0.2) is 0 Å². The Kier molecular flexibility index (Phi) is 9.83. The molecule has 0 aromatic heterocycles. The first-order chi connectivity index (χ1) is 8.45. The lowest BCUT2D eigenvalue weighted by Gasteiger charge is -2.14. The van der Waals surface area contributed by atoms with Crippen molar-refractivity contribution in [3.8, 4) is 0 Å². The molecular weight excluding hydrogens is 250 g/mol. The van der Waals surface area contributed by atoms with Crippen molar-refractivity contribution < 1.29 is 14.7 Å². The summed E-state index contributed by atoms with van der Waals surface area (Å²) in [4.78, 5) is 22.1. The summed E-state index contributed by atoms with van der Waals surface area (Å²) < 4.78 is 0. The van der Waals surface area contributed by atoms with E-state index < -0.39 is 5.97 Å². The van der Waals surface area contributed by atoms with E-state index >= 15 is 0 Å². The number of hydrogen-bond acceptors (Lipinski definition) is 3. The van der Waals surface area contributed by atoms with Crippen molar-refractivity contribution in [3.05, 3.63) is 0 Å². The minimum Gasteiger partial charge on any atom is -0.481 e. The van der Waals surface area contributed by atoms with Crippen molar-refractivity contribution in [1.82, 2.24) is 5.32 Å². The van der Waals surface area contributed by atoms with Gasteiger partial charge in [0.1, 0.15) is 0 Å². The first-order valence-corrected chi connectivity index (χ1v) is 7.63. The van der Waals surface area contributed by atoms with Crippen LogP contribution >= 0.6 is 11.8 Å². The maximum atomic E-state index is 11.6. The van der Waals surface area contributed by atoms with Gasteiger partial charge in [0.05, 0.1) is 12.2 Å². The van der Waals surface area contributed by atoms with E-state index in [0.717, 1.165) is 12.8 Å². The second-order valence-electron chi connectivity index (χ2n) is 4.68. The van der Waals surface area contributed by atoms with Gasteiger partial charge in [-0.2, -0.15) is 0 Å². The molecule has 0 aromatic rings. The topological polar surface area (TPSA) is 66.4 Å². The highest BCUT2D eigenvalue weighted by atomic mass is 32.2. The van der Waals surface area contributed by atoms with Crippen LogP contribution in [0.25, 0.3) is 0 Å². The van der Waals surface area contributed by atoms with Gasteiger partial charge in [-0.1, -0.05) is 33.1 Å². The van der Waals surface area contributed by atoms with Crippen LogP contribution in [-0.2, 0) is 9.59 Å². The maximum Gasteiger partial charge on any atom is 0.304 e. The SMILES string of the molecule is CCCCCC(C)NC(=O)CSC(C)CC(=O)O. The molecule has 0 heterocycles. The van der Waals surface area contributed by atoms with Gasteiger partial charge in [-0.15, -0.1) is 11.8 Å². The molecule has 0 bridgehead atoms. The average molecular weight is 275 g/mol. The quantitative estimate of drug-likeness (QED) is 0.602. The highest BCUT2D eigenvalue weighted by molar-refractivity contribution is 8.00. The molecule has 0 saturated heterocycles. The number of unbranched alkanes of at least 4 members (excludes halogenated alkanes) is 2. The van der Waals surface area contributed by atoms with E-state index in [0.29, 0.717) is 5.75 Å². The zero-order chi connectivity index (χ0) is 14.0. The number of amides is 1. The van der Waals surface area contributed by atoms with Gasteiger partial charge in [0.2, 0.25) is 5.91 Å². The molecule has 1 amide bonds. The Morgan fingerprint density at radius 1 is 1.28 bits per heavy atom. The van der Waals surface area contributed by atoms with Crippen LogP contribution in [0, 0.1) is 0 Å². The molecule has 0 radical (unpaired) electrons. The van der Waals surface area contributed by atoms with Gasteiger partial charge in [0.15, 0.2) is 0 Å². The standard InChI is InChI=1S/C13H25NO3S/c1-4-5-6-7-10(2)14-12(15)9-18-11(3)8-13(16)17/h10-11H,4-9H2,1-3H3,(H,14,15)(H,16,17). The molecule has 106 valence electrons. The van der Waals surface area contributed by atoms with E-state index in [1.165, 1.54) is 24.6 Å². The molecule has 2 unspecified atom stereocenters. The molecule has 0 spiro atoms. The normalized spacial score (nSPS) is 13.9. The molecule has 0 fully saturated rings. The lowest BCUT2D eigenvalue weighted by molar-refractivity contribution is -0.136. The zero-order valence-electron chi connectivity index (χ0n) is 11.6. The van der Waals surface area contributed by atoms with E-state index in [1.54, 1.807) is 0 Å². The summed E-state index contributed by atoms with van der Waals surface area (Å²) >= 11 is 1.39. The maximum absolute atomic E-state index is 11.6. The van der Waals surface area contributed by atoms with Crippen LogP contribution < -0.4 is 5.32 Å². The molecule has 0 saturated carbocycles. The predicted octanol–water partition coefficient (Wildman–Crippen LogP) is 2.67. The molecule has 18 heavy (non-hydrogen) atoms. The van der Waals surface area contributed by atoms with Crippen molar-refractivity contribution in [2.45, 2.75) is 64.2 Å². The van der Waals surface area contributed by atoms with E-state index in [-0.39, 0.29) is 23.6 Å². The Balaban J connectivity index is 3.66. The second kappa shape index (κ2) is 10.2. The van der Waals surface area contributed by atoms with Gasteiger partial charge < -0.3 is 10.4 Å². The van der Waals surface area contributed by atoms with Crippen LogP contribution in [0.4, 0.5) is 0 Å². The van der Waals surface area contributed by atoms with Crippen molar-refractivity contribution in [2.24, 2.45) is 0 Å². The van der Waals surface area contributed by atoms with Crippen molar-refractivity contribution in [1.29, 1.82) is 0 Å². The lowest BCUT2D eigenvalue weighted by atomic mass is 10.1. The first kappa shape index (κ1) is 17.3. The van der Waals surface area contributed by atoms with Gasteiger partial charge in [-0.3, -0.25) is 9.59 Å². The third-order valence-corrected chi connectivity index (χ3v) is 3.77. The third-order valence-electron chi connectivity index (χ3n) is 2.61. The van der Waals surface area contributed by atoms with Gasteiger partial charge in [0, 0.05) is 11.3 Å². The predicted molar refractivity (Wildman–Crippen MR) is 75.9 cm³/mol. The Labute approximate surface area is 114 Å². The highest BCUT2D eigenvalue weighted by Crippen LogP contribution is 2.13. The monoisotopic (exact) mass is 275 g/mol. The number of rotatable bonds is 10. The number of carbonyl (C=O) groups is 2. The molecule has 0 aliphatic rings. The van der Waals surface area contributed by atoms with Crippen LogP contribution in [0.15, 0.2) is 0 Å². The van der Waals surface area contributed by atoms with E-state index in [9.17, 15) is 9.59 Å². The third kappa shape index (κ3) is 10.4. The lowest BCUT2D eigenvalue weighted by Crippen LogP contribution is -2.34. The fourth-order valence-electron chi connectivity index (χ4n) is 1.61. The number of aliphatic carboxylic acids is 1. The van der Waals surface area contributed by atoms with E-state index in [4.69, 9.17) is 5.11 Å². The molecule has 0 rings (SSSR count). The summed E-state index contributed by atoms with van der Waals surface area (Å²) in [5.41, 5.74) is 0. The van der Waals surface area contributed by atoms with Crippen molar-refractivity contribution in [2.75, 3.05) is 5.75 Å². The first-order valence-electron chi connectivity index (χ1n) is 6.58. The van der Waals surface area contributed by atoms with Crippen LogP contribution in [0.2, 0.25) is 0 Å². The molecule has 2 atom stereocenters. The summed E-state index contributed by atoms with van der Waals surface area (Å²) in [5.74, 6) is -0.475. The fourth-order valence-corrected chi connectivity index (χ4v) is 2.39. The fraction of sp³-hybridized carbons (Fsp3) is 0.846. The van der Waals surface area contributed by atoms with Crippen molar-refractivity contribution in [3.63, 3.8) is 0 Å². The Hall–Kier alpha value is -0.710. The number of carboxylic acids is 1. The summed E-state index contributed by atoms with van der Waals surface area (Å²) in [5, 5.41) is 11.5. The number of nitrogens with one attached hydrogen (secondary N) is 1. The van der Waals surface area contributed by atoms with Crippen LogP contribution in [0.5, 0.6) is 0 Å². The Bertz CT molecular complexity index is 259. The molecule has 0 aliphatic carbocycles. The zero-order valence-corrected chi connectivity index (χ0v) is 12.4. The summed E-state index contributed by atoms with van der Waals surface area (Å²) in [7, 11) is 0. The summed E-state index contributed by atoms with van der Waals surface area (Å²) in [6, 6.07) is 0.208. The molecule has 2 N–H and O–H groups in total. The number of thioether (sulfide) groups is 1. The number of carbonyl (C=O) groups excluding carboxylic acids is 1. The number of carboxylic acid groups (broad SMARTS) is 1. The Morgan fingerprint density at radius 2 is 1.94 bits per heavy atom. The Morgan fingerprint density at radius 3 is 2.50 bits per heavy atom. The van der Waals surface area contributed by atoms with Gasteiger partial charge >= 0.3 is 5.97 Å². The molecule has 0 aliphatic heterocycles. The largest absolute Gasteiger partial charge is 0.481 e. The molecular formula is C13H25NO3S. The van der Waals surface area contributed by atoms with Crippen LogP contribution in [-0.4, -0.2) is 34.0 Å². The van der Waals surface area contributed by atoms with Crippen LogP contribution in [0.1, 0.15) is 52.9 Å². The molecule has 5 heteroatoms. The summed E-state index contributed by atoms with van der Waals surface area (Å²) in [6.07, 6.45) is 4.63. The molecule has 0 aromatic carbocycles. The minimum absolute atomic E-state index is 0.00115. The molecule has 4 nitrogen and oxygen atoms in total. The second-order valence-corrected chi connectivity index (χ2v) is 6.11. The number of hydrogen-bond donors (Lipinski definition) is 2.